The minimum atomic E-state index is -0.826. The fourth-order valence-electron chi connectivity index (χ4n) is 1.86. The first kappa shape index (κ1) is 12.2. The van der Waals surface area contributed by atoms with Crippen molar-refractivity contribution in [1.82, 2.24) is 10.2 Å². The molecular formula is C11H18N2O4. The molecule has 0 spiro atoms. The Bertz CT molecular complexity index is 304. The van der Waals surface area contributed by atoms with E-state index in [2.05, 4.69) is 5.32 Å². The van der Waals surface area contributed by atoms with E-state index in [4.69, 9.17) is 9.84 Å². The maximum absolute atomic E-state index is 11.8. The summed E-state index contributed by atoms with van der Waals surface area (Å²) in [5.74, 6) is -0.826. The summed E-state index contributed by atoms with van der Waals surface area (Å²) in [6.07, 6.45) is 2.53. The Morgan fingerprint density at radius 3 is 2.82 bits per heavy atom. The number of carboxylic acids is 1. The molecule has 6 nitrogen and oxygen atoms in total. The summed E-state index contributed by atoms with van der Waals surface area (Å²) in [4.78, 5) is 24.0. The standard InChI is InChI=1S/C11H18N2O4/c14-10(15)4-3-9-7-13(5-6-17-9)11(16)12-8-1-2-8/h8-9H,1-7H2,(H,12,16)(H,14,15). The van der Waals surface area contributed by atoms with Gasteiger partial charge in [0.05, 0.1) is 12.7 Å². The highest BCUT2D eigenvalue weighted by molar-refractivity contribution is 5.75. The summed E-state index contributed by atoms with van der Waals surface area (Å²) in [6.45, 7) is 1.57. The Kier molecular flexibility index (Phi) is 3.83. The lowest BCUT2D eigenvalue weighted by Crippen LogP contribution is -2.50. The smallest absolute Gasteiger partial charge is 0.317 e. The van der Waals surface area contributed by atoms with Crippen LogP contribution in [0.15, 0.2) is 0 Å². The van der Waals surface area contributed by atoms with Gasteiger partial charge in [0.1, 0.15) is 0 Å². The predicted octanol–water partition coefficient (Wildman–Crippen LogP) is 0.424. The SMILES string of the molecule is O=C(O)CCC1CN(C(=O)NC2CC2)CCO1. The number of aliphatic carboxylic acids is 1. The van der Waals surface area contributed by atoms with Crippen molar-refractivity contribution in [2.45, 2.75) is 37.8 Å². The fourth-order valence-corrected chi connectivity index (χ4v) is 1.86. The van der Waals surface area contributed by atoms with E-state index < -0.39 is 5.97 Å². The lowest BCUT2D eigenvalue weighted by Gasteiger charge is -2.32. The zero-order chi connectivity index (χ0) is 12.3. The van der Waals surface area contributed by atoms with Gasteiger partial charge in [0.25, 0.3) is 0 Å². The highest BCUT2D eigenvalue weighted by atomic mass is 16.5. The number of hydrogen-bond donors (Lipinski definition) is 2. The summed E-state index contributed by atoms with van der Waals surface area (Å²) in [5.41, 5.74) is 0. The van der Waals surface area contributed by atoms with Crippen LogP contribution in [0.4, 0.5) is 4.79 Å². The Hall–Kier alpha value is -1.30. The number of urea groups is 1. The van der Waals surface area contributed by atoms with Crippen LogP contribution in [0.5, 0.6) is 0 Å². The topological polar surface area (TPSA) is 78.9 Å². The number of amides is 2. The molecule has 0 aromatic carbocycles. The van der Waals surface area contributed by atoms with Gasteiger partial charge < -0.3 is 20.1 Å². The van der Waals surface area contributed by atoms with Crippen molar-refractivity contribution in [1.29, 1.82) is 0 Å². The van der Waals surface area contributed by atoms with Gasteiger partial charge >= 0.3 is 12.0 Å². The van der Waals surface area contributed by atoms with Crippen molar-refractivity contribution >= 4 is 12.0 Å². The molecule has 6 heteroatoms. The summed E-state index contributed by atoms with van der Waals surface area (Å²) in [6, 6.07) is 0.305. The average Bonchev–Trinajstić information content (AvgIpc) is 3.10. The number of nitrogens with one attached hydrogen (secondary N) is 1. The number of rotatable bonds is 4. The van der Waals surface area contributed by atoms with Crippen LogP contribution >= 0.6 is 0 Å². The van der Waals surface area contributed by atoms with Crippen LogP contribution in [0.2, 0.25) is 0 Å². The largest absolute Gasteiger partial charge is 0.481 e. The summed E-state index contributed by atoms with van der Waals surface area (Å²) in [7, 11) is 0. The first-order chi connectivity index (χ1) is 8.15. The van der Waals surface area contributed by atoms with Crippen molar-refractivity contribution in [3.8, 4) is 0 Å². The van der Waals surface area contributed by atoms with Crippen LogP contribution < -0.4 is 5.32 Å². The Balaban J connectivity index is 1.74. The third kappa shape index (κ3) is 3.89. The third-order valence-electron chi connectivity index (χ3n) is 3.01. The number of morpholine rings is 1. The number of carboxylic acid groups (broad SMARTS) is 1. The molecule has 1 heterocycles. The van der Waals surface area contributed by atoms with E-state index in [9.17, 15) is 9.59 Å². The molecule has 1 aliphatic carbocycles. The normalized spacial score (nSPS) is 24.5. The second-order valence-corrected chi connectivity index (χ2v) is 4.59. The predicted molar refractivity (Wildman–Crippen MR) is 59.7 cm³/mol. The molecule has 0 aromatic heterocycles. The second kappa shape index (κ2) is 5.35. The van der Waals surface area contributed by atoms with Gasteiger partial charge in [-0.25, -0.2) is 4.79 Å². The minimum absolute atomic E-state index is 0.0453. The minimum Gasteiger partial charge on any atom is -0.481 e. The lowest BCUT2D eigenvalue weighted by atomic mass is 10.1. The van der Waals surface area contributed by atoms with E-state index in [1.54, 1.807) is 4.90 Å². The van der Waals surface area contributed by atoms with Gasteiger partial charge in [-0.1, -0.05) is 0 Å². The van der Waals surface area contributed by atoms with Crippen molar-refractivity contribution in [2.75, 3.05) is 19.7 Å². The van der Waals surface area contributed by atoms with Crippen molar-refractivity contribution in [3.05, 3.63) is 0 Å². The molecule has 2 rings (SSSR count). The molecule has 2 N–H and O–H groups in total. The van der Waals surface area contributed by atoms with Crippen LogP contribution in [0.1, 0.15) is 25.7 Å². The van der Waals surface area contributed by atoms with Gasteiger partial charge in [-0.15, -0.1) is 0 Å². The Morgan fingerprint density at radius 2 is 2.18 bits per heavy atom. The zero-order valence-corrected chi connectivity index (χ0v) is 9.72. The van der Waals surface area contributed by atoms with Crippen LogP contribution in [-0.4, -0.2) is 53.8 Å². The number of nitrogens with zero attached hydrogens (tertiary/aromatic N) is 1. The molecule has 17 heavy (non-hydrogen) atoms. The quantitative estimate of drug-likeness (QED) is 0.749. The van der Waals surface area contributed by atoms with Crippen LogP contribution in [0, 0.1) is 0 Å². The maximum Gasteiger partial charge on any atom is 0.317 e. The van der Waals surface area contributed by atoms with Crippen molar-refractivity contribution in [2.24, 2.45) is 0 Å². The fraction of sp³-hybridized carbons (Fsp3) is 0.818. The van der Waals surface area contributed by atoms with E-state index in [1.807, 2.05) is 0 Å². The van der Waals surface area contributed by atoms with E-state index in [0.29, 0.717) is 32.2 Å². The first-order valence-corrected chi connectivity index (χ1v) is 6.04. The molecule has 2 amide bonds. The van der Waals surface area contributed by atoms with E-state index in [1.165, 1.54) is 0 Å². The summed E-state index contributed by atoms with van der Waals surface area (Å²) < 4.78 is 5.44. The molecule has 2 aliphatic rings. The Morgan fingerprint density at radius 1 is 1.41 bits per heavy atom. The van der Waals surface area contributed by atoms with Gasteiger partial charge in [-0.3, -0.25) is 4.79 Å². The molecule has 1 atom stereocenters. The van der Waals surface area contributed by atoms with E-state index in [-0.39, 0.29) is 18.6 Å². The lowest BCUT2D eigenvalue weighted by molar-refractivity contribution is -0.138. The molecule has 1 saturated carbocycles. The van der Waals surface area contributed by atoms with Crippen LogP contribution in [0.25, 0.3) is 0 Å². The second-order valence-electron chi connectivity index (χ2n) is 4.59. The maximum atomic E-state index is 11.8. The van der Waals surface area contributed by atoms with Crippen molar-refractivity contribution < 1.29 is 19.4 Å². The molecule has 1 unspecified atom stereocenters. The molecule has 0 radical (unpaired) electrons. The van der Waals surface area contributed by atoms with E-state index in [0.717, 1.165) is 12.8 Å². The van der Waals surface area contributed by atoms with Crippen LogP contribution in [0.3, 0.4) is 0 Å². The molecule has 96 valence electrons. The zero-order valence-electron chi connectivity index (χ0n) is 9.72. The third-order valence-corrected chi connectivity index (χ3v) is 3.01. The molecule has 1 saturated heterocycles. The highest BCUT2D eigenvalue weighted by Crippen LogP contribution is 2.19. The van der Waals surface area contributed by atoms with Gasteiger partial charge in [0.15, 0.2) is 0 Å². The Labute approximate surface area is 99.9 Å². The first-order valence-electron chi connectivity index (χ1n) is 6.04. The van der Waals surface area contributed by atoms with Crippen molar-refractivity contribution in [3.63, 3.8) is 0 Å². The van der Waals surface area contributed by atoms with Crippen LogP contribution in [-0.2, 0) is 9.53 Å². The molecule has 0 aromatic rings. The number of hydrogen-bond acceptors (Lipinski definition) is 3. The summed E-state index contributed by atoms with van der Waals surface area (Å²) >= 11 is 0. The summed E-state index contributed by atoms with van der Waals surface area (Å²) in [5, 5.41) is 11.5. The number of carbonyl (C=O) groups is 2. The molecule has 1 aliphatic heterocycles. The number of carbonyl (C=O) groups excluding carboxylic acids is 1. The van der Waals surface area contributed by atoms with Gasteiger partial charge in [-0.2, -0.15) is 0 Å². The highest BCUT2D eigenvalue weighted by Gasteiger charge is 2.29. The molecular weight excluding hydrogens is 224 g/mol. The average molecular weight is 242 g/mol. The molecule has 0 bridgehead atoms. The van der Waals surface area contributed by atoms with E-state index >= 15 is 0 Å². The van der Waals surface area contributed by atoms with Gasteiger partial charge in [0, 0.05) is 25.6 Å². The number of ether oxygens (including phenoxy) is 1. The van der Waals surface area contributed by atoms with Gasteiger partial charge in [-0.05, 0) is 19.3 Å². The van der Waals surface area contributed by atoms with Gasteiger partial charge in [0.2, 0.25) is 0 Å². The monoisotopic (exact) mass is 242 g/mol. The molecule has 2 fully saturated rings.